The molecule has 1 saturated heterocycles. The fourth-order valence-corrected chi connectivity index (χ4v) is 2.54. The molecule has 3 rings (SSSR count). The molecular weight excluding hydrogens is 212 g/mol. The van der Waals surface area contributed by atoms with Crippen molar-refractivity contribution in [2.45, 2.75) is 18.9 Å². The number of nitrogens with zero attached hydrogens (tertiary/aromatic N) is 2. The number of aliphatic hydroxyl groups excluding tert-OH is 1. The molecule has 1 fully saturated rings. The van der Waals surface area contributed by atoms with Crippen LogP contribution in [0.5, 0.6) is 0 Å². The maximum absolute atomic E-state index is 9.34. The second-order valence-corrected chi connectivity index (χ2v) is 4.53. The Kier molecular flexibility index (Phi) is 2.69. The van der Waals surface area contributed by atoms with Crippen LogP contribution in [0.25, 0.3) is 10.9 Å². The first kappa shape index (κ1) is 10.5. The Hall–Kier alpha value is -1.61. The third-order valence-electron chi connectivity index (χ3n) is 3.47. The molecule has 0 amide bonds. The molecule has 1 atom stereocenters. The van der Waals surface area contributed by atoms with Gasteiger partial charge in [0, 0.05) is 11.9 Å². The van der Waals surface area contributed by atoms with Gasteiger partial charge >= 0.3 is 0 Å². The Balaban J connectivity index is 2.00. The molecule has 0 radical (unpaired) electrons. The number of rotatable bonds is 2. The molecule has 1 aromatic carbocycles. The van der Waals surface area contributed by atoms with Gasteiger partial charge in [-0.05, 0) is 31.0 Å². The summed E-state index contributed by atoms with van der Waals surface area (Å²) in [5.41, 5.74) is 1.02. The number of fused-ring (bicyclic) bond motifs is 1. The summed E-state index contributed by atoms with van der Waals surface area (Å²) in [6.07, 6.45) is 2.20. The smallest absolute Gasteiger partial charge is 0.129 e. The molecule has 88 valence electrons. The first-order valence-corrected chi connectivity index (χ1v) is 6.12. The topological polar surface area (TPSA) is 36.4 Å². The van der Waals surface area contributed by atoms with Crippen LogP contribution in [-0.2, 0) is 0 Å². The zero-order valence-electron chi connectivity index (χ0n) is 9.71. The van der Waals surface area contributed by atoms with Gasteiger partial charge in [-0.1, -0.05) is 18.2 Å². The van der Waals surface area contributed by atoms with Crippen LogP contribution < -0.4 is 4.90 Å². The normalized spacial score (nSPS) is 20.1. The van der Waals surface area contributed by atoms with E-state index in [1.807, 2.05) is 18.2 Å². The van der Waals surface area contributed by atoms with E-state index < -0.39 is 0 Å². The van der Waals surface area contributed by atoms with Crippen LogP contribution in [-0.4, -0.2) is 29.3 Å². The Morgan fingerprint density at radius 3 is 3.00 bits per heavy atom. The van der Waals surface area contributed by atoms with Crippen LogP contribution in [0.2, 0.25) is 0 Å². The molecule has 0 aliphatic carbocycles. The Morgan fingerprint density at radius 2 is 2.12 bits per heavy atom. The lowest BCUT2D eigenvalue weighted by atomic mass is 10.2. The van der Waals surface area contributed by atoms with Crippen molar-refractivity contribution >= 4 is 16.7 Å². The molecule has 0 unspecified atom stereocenters. The van der Waals surface area contributed by atoms with Crippen LogP contribution in [0.1, 0.15) is 12.8 Å². The molecule has 0 saturated carbocycles. The molecule has 2 aromatic rings. The Morgan fingerprint density at radius 1 is 1.24 bits per heavy atom. The average Bonchev–Trinajstić information content (AvgIpc) is 2.86. The summed E-state index contributed by atoms with van der Waals surface area (Å²) in [5.74, 6) is 0.986. The molecule has 2 heterocycles. The number of benzene rings is 1. The molecule has 0 spiro atoms. The van der Waals surface area contributed by atoms with E-state index in [0.29, 0.717) is 0 Å². The van der Waals surface area contributed by atoms with E-state index in [9.17, 15) is 5.11 Å². The van der Waals surface area contributed by atoms with Gasteiger partial charge in [0.05, 0.1) is 18.2 Å². The fraction of sp³-hybridized carbons (Fsp3) is 0.357. The molecule has 1 aliphatic heterocycles. The second kappa shape index (κ2) is 4.34. The number of hydrogen-bond donors (Lipinski definition) is 1. The summed E-state index contributed by atoms with van der Waals surface area (Å²) in [4.78, 5) is 6.88. The molecule has 3 nitrogen and oxygen atoms in total. The molecular formula is C14H16N2O. The van der Waals surface area contributed by atoms with Gasteiger partial charge in [-0.2, -0.15) is 0 Å². The van der Waals surface area contributed by atoms with E-state index in [2.05, 4.69) is 28.1 Å². The van der Waals surface area contributed by atoms with Crippen molar-refractivity contribution in [2.24, 2.45) is 0 Å². The molecule has 1 N–H and O–H groups in total. The standard InChI is InChI=1S/C14H16N2O/c17-10-12-5-3-9-16(12)14-8-7-11-4-1-2-6-13(11)15-14/h1-2,4,6-8,12,17H,3,5,9-10H2/t12-/m0/s1. The summed E-state index contributed by atoms with van der Waals surface area (Å²) < 4.78 is 0. The van der Waals surface area contributed by atoms with E-state index in [4.69, 9.17) is 0 Å². The summed E-state index contributed by atoms with van der Waals surface area (Å²) in [5, 5.41) is 10.5. The van der Waals surface area contributed by atoms with Gasteiger partial charge in [0.15, 0.2) is 0 Å². The van der Waals surface area contributed by atoms with Crippen molar-refractivity contribution in [1.82, 2.24) is 4.98 Å². The number of para-hydroxylation sites is 1. The third-order valence-corrected chi connectivity index (χ3v) is 3.47. The quantitative estimate of drug-likeness (QED) is 0.856. The predicted molar refractivity (Wildman–Crippen MR) is 69.2 cm³/mol. The summed E-state index contributed by atoms with van der Waals surface area (Å²) in [6, 6.07) is 12.5. The van der Waals surface area contributed by atoms with Gasteiger partial charge in [0.25, 0.3) is 0 Å². The minimum atomic E-state index is 0.217. The molecule has 17 heavy (non-hydrogen) atoms. The van der Waals surface area contributed by atoms with Gasteiger partial charge < -0.3 is 10.0 Å². The Bertz CT molecular complexity index is 526. The minimum absolute atomic E-state index is 0.217. The van der Waals surface area contributed by atoms with Crippen LogP contribution in [0.15, 0.2) is 36.4 Å². The van der Waals surface area contributed by atoms with E-state index in [0.717, 1.165) is 36.1 Å². The zero-order valence-corrected chi connectivity index (χ0v) is 9.71. The highest BCUT2D eigenvalue weighted by Crippen LogP contribution is 2.25. The lowest BCUT2D eigenvalue weighted by Gasteiger charge is -2.24. The lowest BCUT2D eigenvalue weighted by molar-refractivity contribution is 0.266. The molecule has 1 aliphatic rings. The average molecular weight is 228 g/mol. The Labute approximate surface area is 101 Å². The predicted octanol–water partition coefficient (Wildman–Crippen LogP) is 2.20. The fourth-order valence-electron chi connectivity index (χ4n) is 2.54. The highest BCUT2D eigenvalue weighted by molar-refractivity contribution is 5.80. The van der Waals surface area contributed by atoms with E-state index in [-0.39, 0.29) is 12.6 Å². The number of hydrogen-bond acceptors (Lipinski definition) is 3. The first-order chi connectivity index (χ1) is 8.38. The third kappa shape index (κ3) is 1.87. The lowest BCUT2D eigenvalue weighted by Crippen LogP contribution is -2.32. The maximum Gasteiger partial charge on any atom is 0.129 e. The van der Waals surface area contributed by atoms with Gasteiger partial charge in [-0.15, -0.1) is 0 Å². The second-order valence-electron chi connectivity index (χ2n) is 4.53. The summed E-state index contributed by atoms with van der Waals surface area (Å²) >= 11 is 0. The van der Waals surface area contributed by atoms with E-state index >= 15 is 0 Å². The van der Waals surface area contributed by atoms with Crippen LogP contribution >= 0.6 is 0 Å². The van der Waals surface area contributed by atoms with Gasteiger partial charge in [-0.25, -0.2) is 4.98 Å². The number of aromatic nitrogens is 1. The largest absolute Gasteiger partial charge is 0.394 e. The first-order valence-electron chi connectivity index (χ1n) is 6.12. The highest BCUT2D eigenvalue weighted by atomic mass is 16.3. The number of pyridine rings is 1. The van der Waals surface area contributed by atoms with Gasteiger partial charge in [0.1, 0.15) is 5.82 Å². The van der Waals surface area contributed by atoms with Crippen molar-refractivity contribution in [3.63, 3.8) is 0 Å². The van der Waals surface area contributed by atoms with Gasteiger partial charge in [0.2, 0.25) is 0 Å². The van der Waals surface area contributed by atoms with Crippen LogP contribution in [0, 0.1) is 0 Å². The molecule has 1 aromatic heterocycles. The summed E-state index contributed by atoms with van der Waals surface area (Å²) in [7, 11) is 0. The number of aliphatic hydroxyl groups is 1. The van der Waals surface area contributed by atoms with Crippen molar-refractivity contribution < 1.29 is 5.11 Å². The molecule has 3 heteroatoms. The monoisotopic (exact) mass is 228 g/mol. The van der Waals surface area contributed by atoms with Crippen molar-refractivity contribution in [3.05, 3.63) is 36.4 Å². The van der Waals surface area contributed by atoms with Crippen molar-refractivity contribution in [1.29, 1.82) is 0 Å². The van der Waals surface area contributed by atoms with E-state index in [1.165, 1.54) is 0 Å². The van der Waals surface area contributed by atoms with E-state index in [1.54, 1.807) is 0 Å². The van der Waals surface area contributed by atoms with Crippen molar-refractivity contribution in [2.75, 3.05) is 18.1 Å². The minimum Gasteiger partial charge on any atom is -0.394 e. The van der Waals surface area contributed by atoms with Gasteiger partial charge in [-0.3, -0.25) is 0 Å². The maximum atomic E-state index is 9.34. The van der Waals surface area contributed by atoms with Crippen LogP contribution in [0.4, 0.5) is 5.82 Å². The van der Waals surface area contributed by atoms with Crippen LogP contribution in [0.3, 0.4) is 0 Å². The number of anilines is 1. The summed E-state index contributed by atoms with van der Waals surface area (Å²) in [6.45, 7) is 1.21. The highest BCUT2D eigenvalue weighted by Gasteiger charge is 2.24. The SMILES string of the molecule is OC[C@@H]1CCCN1c1ccc2ccccc2n1. The van der Waals surface area contributed by atoms with Crippen molar-refractivity contribution in [3.8, 4) is 0 Å². The zero-order chi connectivity index (χ0) is 11.7. The molecule has 0 bridgehead atoms.